The summed E-state index contributed by atoms with van der Waals surface area (Å²) in [6.45, 7) is 0.204. The van der Waals surface area contributed by atoms with Gasteiger partial charge in [-0.2, -0.15) is 0 Å². The van der Waals surface area contributed by atoms with Crippen LogP contribution in [0.3, 0.4) is 0 Å². The Hall–Kier alpha value is -2.04. The maximum atomic E-state index is 12.3. The SMILES string of the molecule is COC(=O)CCCCC(=O)O[C@H]1[C@@H](OC)O[C@@H]2COC(c3ccccc3)O[C@H]2[C@@H]1O. The molecule has 9 nitrogen and oxygen atoms in total. The van der Waals surface area contributed by atoms with Gasteiger partial charge in [-0.05, 0) is 12.8 Å². The largest absolute Gasteiger partial charge is 0.469 e. The van der Waals surface area contributed by atoms with E-state index in [0.717, 1.165) is 5.56 Å². The van der Waals surface area contributed by atoms with Gasteiger partial charge in [-0.3, -0.25) is 9.59 Å². The second kappa shape index (κ2) is 10.8. The topological polar surface area (TPSA) is 110 Å². The number of benzene rings is 1. The van der Waals surface area contributed by atoms with E-state index < -0.39 is 43.0 Å². The van der Waals surface area contributed by atoms with Gasteiger partial charge in [0.15, 0.2) is 18.7 Å². The third-order valence-corrected chi connectivity index (χ3v) is 5.12. The third-order valence-electron chi connectivity index (χ3n) is 5.12. The van der Waals surface area contributed by atoms with Crippen LogP contribution in [0, 0.1) is 0 Å². The molecule has 2 fully saturated rings. The zero-order chi connectivity index (χ0) is 21.5. The highest BCUT2D eigenvalue weighted by Crippen LogP contribution is 2.35. The molecule has 2 heterocycles. The van der Waals surface area contributed by atoms with E-state index in [1.165, 1.54) is 14.2 Å². The highest BCUT2D eigenvalue weighted by atomic mass is 16.8. The van der Waals surface area contributed by atoms with Gasteiger partial charge < -0.3 is 33.5 Å². The lowest BCUT2D eigenvalue weighted by atomic mass is 9.97. The van der Waals surface area contributed by atoms with Crippen molar-refractivity contribution in [2.24, 2.45) is 0 Å². The summed E-state index contributed by atoms with van der Waals surface area (Å²) in [6.07, 6.45) is -3.79. The standard InChI is InChI=1S/C21H28O9/c1-25-15(22)10-6-7-11-16(23)29-19-17(24)18-14(28-21(19)26-2)12-27-20(30-18)13-8-4-3-5-9-13/h3-5,8-9,14,17-21,24H,6-7,10-12H2,1-2H3/t14-,17+,18-,19-,20?,21+/m1/s1. The second-order valence-electron chi connectivity index (χ2n) is 7.18. The monoisotopic (exact) mass is 424 g/mol. The summed E-state index contributed by atoms with van der Waals surface area (Å²) >= 11 is 0. The van der Waals surface area contributed by atoms with Crippen molar-refractivity contribution < 1.29 is 43.1 Å². The molecule has 2 saturated heterocycles. The Kier molecular flexibility index (Phi) is 8.17. The van der Waals surface area contributed by atoms with Crippen molar-refractivity contribution in [2.75, 3.05) is 20.8 Å². The average molecular weight is 424 g/mol. The number of hydrogen-bond donors (Lipinski definition) is 1. The molecule has 166 valence electrons. The zero-order valence-corrected chi connectivity index (χ0v) is 17.1. The van der Waals surface area contributed by atoms with Crippen LogP contribution in [-0.4, -0.2) is 68.6 Å². The Morgan fingerprint density at radius 1 is 1.07 bits per heavy atom. The van der Waals surface area contributed by atoms with Crippen LogP contribution in [-0.2, 0) is 38.0 Å². The van der Waals surface area contributed by atoms with Gasteiger partial charge in [0.1, 0.15) is 18.3 Å². The fourth-order valence-corrected chi connectivity index (χ4v) is 3.51. The molecule has 3 rings (SSSR count). The lowest BCUT2D eigenvalue weighted by Crippen LogP contribution is -2.63. The number of esters is 2. The fourth-order valence-electron chi connectivity index (χ4n) is 3.51. The number of ether oxygens (including phenoxy) is 6. The third kappa shape index (κ3) is 5.55. The predicted octanol–water partition coefficient (Wildman–Crippen LogP) is 1.48. The van der Waals surface area contributed by atoms with Crippen molar-refractivity contribution in [3.05, 3.63) is 35.9 Å². The lowest BCUT2D eigenvalue weighted by molar-refractivity contribution is -0.358. The molecule has 0 saturated carbocycles. The molecule has 0 aliphatic carbocycles. The molecule has 0 aromatic heterocycles. The van der Waals surface area contributed by atoms with E-state index in [9.17, 15) is 14.7 Å². The fraction of sp³-hybridized carbons (Fsp3) is 0.619. The van der Waals surface area contributed by atoms with Crippen molar-refractivity contribution in [2.45, 2.75) is 62.7 Å². The van der Waals surface area contributed by atoms with Crippen molar-refractivity contribution in [3.63, 3.8) is 0 Å². The molecule has 0 spiro atoms. The molecule has 30 heavy (non-hydrogen) atoms. The Labute approximate surface area is 175 Å². The summed E-state index contributed by atoms with van der Waals surface area (Å²) < 4.78 is 32.8. The normalized spacial score (nSPS) is 30.9. The summed E-state index contributed by atoms with van der Waals surface area (Å²) in [7, 11) is 2.73. The smallest absolute Gasteiger partial charge is 0.306 e. The number of methoxy groups -OCH3 is 2. The summed E-state index contributed by atoms with van der Waals surface area (Å²) in [4.78, 5) is 23.4. The Morgan fingerprint density at radius 2 is 1.77 bits per heavy atom. The van der Waals surface area contributed by atoms with Gasteiger partial charge in [-0.15, -0.1) is 0 Å². The molecular weight excluding hydrogens is 396 g/mol. The highest BCUT2D eigenvalue weighted by Gasteiger charge is 2.51. The van der Waals surface area contributed by atoms with Gasteiger partial charge in [0.2, 0.25) is 0 Å². The molecule has 0 bridgehead atoms. The van der Waals surface area contributed by atoms with Crippen LogP contribution >= 0.6 is 0 Å². The molecule has 0 amide bonds. The minimum absolute atomic E-state index is 0.0986. The van der Waals surface area contributed by atoms with Crippen LogP contribution in [0.4, 0.5) is 0 Å². The number of fused-ring (bicyclic) bond motifs is 1. The van der Waals surface area contributed by atoms with Gasteiger partial charge >= 0.3 is 11.9 Å². The van der Waals surface area contributed by atoms with Crippen LogP contribution in [0.2, 0.25) is 0 Å². The van der Waals surface area contributed by atoms with Crippen LogP contribution in [0.5, 0.6) is 0 Å². The number of aliphatic hydroxyl groups is 1. The summed E-state index contributed by atoms with van der Waals surface area (Å²) in [5, 5.41) is 10.9. The second-order valence-corrected chi connectivity index (χ2v) is 7.18. The summed E-state index contributed by atoms with van der Waals surface area (Å²) in [5.41, 5.74) is 0.816. The number of hydrogen-bond acceptors (Lipinski definition) is 9. The van der Waals surface area contributed by atoms with E-state index in [0.29, 0.717) is 12.8 Å². The first-order valence-electron chi connectivity index (χ1n) is 9.98. The molecule has 1 aromatic carbocycles. The summed E-state index contributed by atoms with van der Waals surface area (Å²) in [6, 6.07) is 9.36. The van der Waals surface area contributed by atoms with E-state index >= 15 is 0 Å². The first-order chi connectivity index (χ1) is 14.5. The van der Waals surface area contributed by atoms with Crippen LogP contribution < -0.4 is 0 Å². The van der Waals surface area contributed by atoms with Gasteiger partial charge in [-0.1, -0.05) is 30.3 Å². The van der Waals surface area contributed by atoms with E-state index in [4.69, 9.17) is 23.7 Å². The van der Waals surface area contributed by atoms with Gasteiger partial charge in [0.25, 0.3) is 0 Å². The summed E-state index contributed by atoms with van der Waals surface area (Å²) in [5.74, 6) is -0.839. The maximum Gasteiger partial charge on any atom is 0.306 e. The molecule has 1 unspecified atom stereocenters. The molecule has 1 N–H and O–H groups in total. The Bertz CT molecular complexity index is 695. The number of carbonyl (C=O) groups is 2. The van der Waals surface area contributed by atoms with Crippen LogP contribution in [0.25, 0.3) is 0 Å². The quantitative estimate of drug-likeness (QED) is 0.490. The van der Waals surface area contributed by atoms with Gasteiger partial charge in [0, 0.05) is 25.5 Å². The van der Waals surface area contributed by atoms with Crippen LogP contribution in [0.15, 0.2) is 30.3 Å². The van der Waals surface area contributed by atoms with Crippen molar-refractivity contribution in [1.29, 1.82) is 0 Å². The minimum Gasteiger partial charge on any atom is -0.469 e. The van der Waals surface area contributed by atoms with Crippen LogP contribution in [0.1, 0.15) is 37.5 Å². The van der Waals surface area contributed by atoms with Gasteiger partial charge in [0.05, 0.1) is 13.7 Å². The van der Waals surface area contributed by atoms with Crippen molar-refractivity contribution in [3.8, 4) is 0 Å². The van der Waals surface area contributed by atoms with Crippen molar-refractivity contribution >= 4 is 11.9 Å². The van der Waals surface area contributed by atoms with E-state index in [1.54, 1.807) is 0 Å². The minimum atomic E-state index is -1.15. The number of aliphatic hydroxyl groups excluding tert-OH is 1. The highest BCUT2D eigenvalue weighted by molar-refractivity contribution is 5.70. The molecule has 6 atom stereocenters. The van der Waals surface area contributed by atoms with Crippen molar-refractivity contribution in [1.82, 2.24) is 0 Å². The van der Waals surface area contributed by atoms with E-state index in [1.807, 2.05) is 30.3 Å². The molecule has 0 radical (unpaired) electrons. The Morgan fingerprint density at radius 3 is 2.43 bits per heavy atom. The molecule has 2 aliphatic rings. The molecule has 2 aliphatic heterocycles. The predicted molar refractivity (Wildman–Crippen MR) is 102 cm³/mol. The Balaban J connectivity index is 1.57. The first kappa shape index (κ1) is 22.6. The van der Waals surface area contributed by atoms with E-state index in [2.05, 4.69) is 4.74 Å². The first-order valence-corrected chi connectivity index (χ1v) is 9.98. The number of rotatable bonds is 8. The number of carbonyl (C=O) groups excluding carboxylic acids is 2. The lowest BCUT2D eigenvalue weighted by Gasteiger charge is -2.46. The van der Waals surface area contributed by atoms with Gasteiger partial charge in [-0.25, -0.2) is 0 Å². The average Bonchev–Trinajstić information content (AvgIpc) is 2.78. The maximum absolute atomic E-state index is 12.3. The molecule has 1 aromatic rings. The number of unbranched alkanes of at least 4 members (excludes halogenated alkanes) is 1. The molecular formula is C21H28O9. The van der Waals surface area contributed by atoms with E-state index in [-0.39, 0.29) is 25.4 Å². The zero-order valence-electron chi connectivity index (χ0n) is 17.1. The molecule has 9 heteroatoms.